The Morgan fingerprint density at radius 1 is 0.975 bits per heavy atom. The van der Waals surface area contributed by atoms with E-state index < -0.39 is 19.9 Å². The molecule has 1 saturated heterocycles. The van der Waals surface area contributed by atoms with Crippen molar-refractivity contribution < 1.29 is 21.2 Å². The molecule has 2 aromatic carbocycles. The summed E-state index contributed by atoms with van der Waals surface area (Å²) < 4.78 is 65.8. The van der Waals surface area contributed by atoms with Gasteiger partial charge in [-0.2, -0.15) is 0 Å². The number of fused-ring (bicyclic) bond motifs is 1. The van der Waals surface area contributed by atoms with Crippen LogP contribution in [0, 0.1) is 5.82 Å². The van der Waals surface area contributed by atoms with Crippen LogP contribution in [0.3, 0.4) is 0 Å². The van der Waals surface area contributed by atoms with Crippen LogP contribution < -0.4 is 5.32 Å². The van der Waals surface area contributed by atoms with Gasteiger partial charge in [0.2, 0.25) is 10.0 Å². The first-order chi connectivity index (χ1) is 19.1. The van der Waals surface area contributed by atoms with E-state index in [1.165, 1.54) is 12.3 Å². The fourth-order valence-corrected chi connectivity index (χ4v) is 8.00. The van der Waals surface area contributed by atoms with Crippen LogP contribution in [0.2, 0.25) is 0 Å². The van der Waals surface area contributed by atoms with E-state index in [-0.39, 0.29) is 21.9 Å². The van der Waals surface area contributed by atoms with Crippen LogP contribution in [0.1, 0.15) is 42.9 Å². The van der Waals surface area contributed by atoms with Crippen LogP contribution >= 0.6 is 0 Å². The van der Waals surface area contributed by atoms with Crippen molar-refractivity contribution in [1.82, 2.24) is 14.3 Å². The maximum Gasteiger partial charge on any atom is 0.216 e. The fourth-order valence-electron chi connectivity index (χ4n) is 5.43. The Labute approximate surface area is 233 Å². The van der Waals surface area contributed by atoms with E-state index in [1.807, 2.05) is 12.1 Å². The SMILES string of the molecule is CS(=O)(=O)c1cccc(CNc2ccc(F)c(-c3ccnc4[nH]c(C5CCN(S(=O)(=O)C6CC6)CC5)cc34)c2)c1. The maximum atomic E-state index is 15.1. The lowest BCUT2D eigenvalue weighted by Crippen LogP contribution is -2.39. The Bertz CT molecular complexity index is 1790. The van der Waals surface area contributed by atoms with Gasteiger partial charge in [-0.05, 0) is 79.3 Å². The first-order valence-electron chi connectivity index (χ1n) is 13.4. The second-order valence-electron chi connectivity index (χ2n) is 10.7. The standard InChI is InChI=1S/C29H31FN4O4S2/c1-39(35,36)23-4-2-3-19(15-23)18-32-21-5-8-27(30)25(16-21)24-9-12-31-29-26(24)17-28(33-29)20-10-13-34(14-11-20)40(37,38)22-6-7-22/h2-5,8-9,12,15-17,20,22,32H,6-7,10-11,13-14,18H2,1H3,(H,31,33). The van der Waals surface area contributed by atoms with Crippen molar-refractivity contribution in [2.45, 2.75) is 48.3 Å². The van der Waals surface area contributed by atoms with E-state index in [0.717, 1.165) is 42.3 Å². The largest absolute Gasteiger partial charge is 0.381 e. The van der Waals surface area contributed by atoms with Crippen LogP contribution in [0.15, 0.2) is 65.7 Å². The average Bonchev–Trinajstić information content (AvgIpc) is 3.72. The lowest BCUT2D eigenvalue weighted by atomic mass is 9.94. The van der Waals surface area contributed by atoms with E-state index in [9.17, 15) is 16.8 Å². The molecule has 0 amide bonds. The zero-order valence-electron chi connectivity index (χ0n) is 22.1. The number of halogens is 1. The number of hydrogen-bond donors (Lipinski definition) is 2. The number of sulfone groups is 1. The summed E-state index contributed by atoms with van der Waals surface area (Å²) in [6.07, 6.45) is 5.81. The molecule has 11 heteroatoms. The van der Waals surface area contributed by atoms with Gasteiger partial charge in [0.1, 0.15) is 11.5 Å². The van der Waals surface area contributed by atoms with Gasteiger partial charge in [-0.15, -0.1) is 0 Å². The van der Waals surface area contributed by atoms with Crippen LogP contribution in [0.25, 0.3) is 22.2 Å². The molecule has 0 atom stereocenters. The number of hydrogen-bond acceptors (Lipinski definition) is 6. The number of pyridine rings is 1. The highest BCUT2D eigenvalue weighted by atomic mass is 32.2. The summed E-state index contributed by atoms with van der Waals surface area (Å²) in [6, 6.07) is 15.4. The third-order valence-electron chi connectivity index (χ3n) is 7.83. The Morgan fingerprint density at radius 2 is 1.75 bits per heavy atom. The van der Waals surface area contributed by atoms with Gasteiger partial charge in [0.25, 0.3) is 0 Å². The predicted molar refractivity (Wildman–Crippen MR) is 154 cm³/mol. The van der Waals surface area contributed by atoms with E-state index >= 15 is 4.39 Å². The number of rotatable bonds is 8. The van der Waals surface area contributed by atoms with Gasteiger partial charge in [0.05, 0.1) is 10.1 Å². The molecule has 3 heterocycles. The minimum atomic E-state index is -3.31. The topological polar surface area (TPSA) is 112 Å². The molecule has 2 N–H and O–H groups in total. The number of sulfonamides is 1. The van der Waals surface area contributed by atoms with Crippen molar-refractivity contribution in [3.05, 3.63) is 77.9 Å². The molecular formula is C29H31FN4O4S2. The number of aromatic amines is 1. The molecule has 4 aromatic rings. The Balaban J connectivity index is 1.22. The van der Waals surface area contributed by atoms with Gasteiger partial charge >= 0.3 is 0 Å². The highest BCUT2D eigenvalue weighted by Gasteiger charge is 2.41. The number of H-pyrrole nitrogens is 1. The lowest BCUT2D eigenvalue weighted by molar-refractivity contribution is 0.317. The molecule has 0 bridgehead atoms. The smallest absolute Gasteiger partial charge is 0.216 e. The molecule has 0 spiro atoms. The van der Waals surface area contributed by atoms with E-state index in [2.05, 4.69) is 15.3 Å². The molecule has 2 fully saturated rings. The van der Waals surface area contributed by atoms with Crippen molar-refractivity contribution in [2.75, 3.05) is 24.7 Å². The molecule has 2 aliphatic rings. The van der Waals surface area contributed by atoms with Gasteiger partial charge in [0.15, 0.2) is 9.84 Å². The quantitative estimate of drug-likeness (QED) is 0.301. The van der Waals surface area contributed by atoms with Crippen molar-refractivity contribution >= 4 is 36.6 Å². The minimum absolute atomic E-state index is 0.174. The van der Waals surface area contributed by atoms with E-state index in [1.54, 1.807) is 46.9 Å². The molecule has 0 radical (unpaired) electrons. The summed E-state index contributed by atoms with van der Waals surface area (Å²) in [5, 5.41) is 3.89. The first-order valence-corrected chi connectivity index (χ1v) is 16.8. The van der Waals surface area contributed by atoms with E-state index in [4.69, 9.17) is 0 Å². The lowest BCUT2D eigenvalue weighted by Gasteiger charge is -2.30. The molecule has 2 aromatic heterocycles. The van der Waals surface area contributed by atoms with Crippen LogP contribution in [-0.2, 0) is 26.4 Å². The number of benzene rings is 2. The first kappa shape index (κ1) is 26.9. The Hall–Kier alpha value is -3.28. The molecule has 8 nitrogen and oxygen atoms in total. The molecule has 0 unspecified atom stereocenters. The highest BCUT2D eigenvalue weighted by Crippen LogP contribution is 2.38. The Morgan fingerprint density at radius 3 is 2.48 bits per heavy atom. The molecule has 6 rings (SSSR count). The van der Waals surface area contributed by atoms with Crippen LogP contribution in [-0.4, -0.2) is 55.7 Å². The number of anilines is 1. The van der Waals surface area contributed by atoms with Gasteiger partial charge in [0, 0.05) is 60.3 Å². The van der Waals surface area contributed by atoms with Crippen LogP contribution in [0.5, 0.6) is 0 Å². The summed E-state index contributed by atoms with van der Waals surface area (Å²) in [7, 11) is -6.48. The average molecular weight is 583 g/mol. The van der Waals surface area contributed by atoms with Gasteiger partial charge in [-0.25, -0.2) is 30.5 Å². The fraction of sp³-hybridized carbons (Fsp3) is 0.345. The summed E-state index contributed by atoms with van der Waals surface area (Å²) in [5.41, 5.74) is 4.28. The van der Waals surface area contributed by atoms with Gasteiger partial charge < -0.3 is 10.3 Å². The second-order valence-corrected chi connectivity index (χ2v) is 15.0. The normalized spacial score (nSPS) is 17.4. The molecule has 1 saturated carbocycles. The van der Waals surface area contributed by atoms with Crippen molar-refractivity contribution in [3.8, 4) is 11.1 Å². The van der Waals surface area contributed by atoms with Crippen molar-refractivity contribution in [2.24, 2.45) is 0 Å². The number of aromatic nitrogens is 2. The third-order valence-corrected chi connectivity index (χ3v) is 11.3. The summed E-state index contributed by atoms with van der Waals surface area (Å²) in [6.45, 7) is 1.40. The van der Waals surface area contributed by atoms with Gasteiger partial charge in [-0.3, -0.25) is 0 Å². The minimum Gasteiger partial charge on any atom is -0.381 e. The van der Waals surface area contributed by atoms with Gasteiger partial charge in [-0.1, -0.05) is 12.1 Å². The molecule has 40 heavy (non-hydrogen) atoms. The van der Waals surface area contributed by atoms with E-state index in [0.29, 0.717) is 42.1 Å². The summed E-state index contributed by atoms with van der Waals surface area (Å²) in [5.74, 6) is -0.188. The number of nitrogens with zero attached hydrogens (tertiary/aromatic N) is 2. The molecule has 210 valence electrons. The van der Waals surface area contributed by atoms with Crippen molar-refractivity contribution in [1.29, 1.82) is 0 Å². The second kappa shape index (κ2) is 10.3. The number of nitrogens with one attached hydrogen (secondary N) is 2. The third kappa shape index (κ3) is 5.37. The monoisotopic (exact) mass is 582 g/mol. The van der Waals surface area contributed by atoms with Crippen LogP contribution in [0.4, 0.5) is 10.1 Å². The molecule has 1 aliphatic carbocycles. The summed E-state index contributed by atoms with van der Waals surface area (Å²) in [4.78, 5) is 8.13. The number of piperidine rings is 1. The predicted octanol–water partition coefficient (Wildman–Crippen LogP) is 5.06. The molecule has 1 aliphatic heterocycles. The maximum absolute atomic E-state index is 15.1. The Kier molecular flexibility index (Phi) is 6.92. The zero-order chi connectivity index (χ0) is 28.1. The zero-order valence-corrected chi connectivity index (χ0v) is 23.7. The van der Waals surface area contributed by atoms with Crippen molar-refractivity contribution in [3.63, 3.8) is 0 Å². The summed E-state index contributed by atoms with van der Waals surface area (Å²) >= 11 is 0. The highest BCUT2D eigenvalue weighted by molar-refractivity contribution is 7.90. The molecular weight excluding hydrogens is 551 g/mol.